The molecule has 8 heteroatoms. The minimum absolute atomic E-state index is 0.408. The van der Waals surface area contributed by atoms with Gasteiger partial charge in [0.25, 0.3) is 0 Å². The van der Waals surface area contributed by atoms with Gasteiger partial charge in [0.1, 0.15) is 5.60 Å². The van der Waals surface area contributed by atoms with Crippen LogP contribution >= 0.6 is 27.3 Å². The second kappa shape index (κ2) is 10.6. The molecule has 0 saturated heterocycles. The zero-order valence-corrected chi connectivity index (χ0v) is 17.1. The van der Waals surface area contributed by atoms with Crippen molar-refractivity contribution in [3.05, 3.63) is 20.8 Å². The first-order valence-corrected chi connectivity index (χ1v) is 9.64. The van der Waals surface area contributed by atoms with Crippen LogP contribution in [0.3, 0.4) is 0 Å². The molecule has 0 saturated carbocycles. The lowest BCUT2D eigenvalue weighted by Crippen LogP contribution is -2.42. The van der Waals surface area contributed by atoms with Crippen LogP contribution in [0.4, 0.5) is 4.79 Å². The van der Waals surface area contributed by atoms with E-state index in [-0.39, 0.29) is 0 Å². The number of rotatable bonds is 7. The lowest BCUT2D eigenvalue weighted by atomic mass is 10.2. The number of halogens is 1. The van der Waals surface area contributed by atoms with E-state index in [9.17, 15) is 4.79 Å². The third-order valence-electron chi connectivity index (χ3n) is 2.69. The Labute approximate surface area is 156 Å². The number of nitrogens with one attached hydrogen (secondary N) is 3. The van der Waals surface area contributed by atoms with Crippen molar-refractivity contribution < 1.29 is 9.53 Å². The van der Waals surface area contributed by atoms with Crippen molar-refractivity contribution in [3.8, 4) is 0 Å². The van der Waals surface area contributed by atoms with E-state index in [0.29, 0.717) is 19.6 Å². The number of ether oxygens (including phenoxy) is 1. The summed E-state index contributed by atoms with van der Waals surface area (Å²) in [6.45, 7) is 10.1. The molecule has 1 heterocycles. The maximum Gasteiger partial charge on any atom is 0.407 e. The fraction of sp³-hybridized carbons (Fsp3) is 0.625. The molecule has 0 spiro atoms. The fourth-order valence-corrected chi connectivity index (χ4v) is 3.24. The van der Waals surface area contributed by atoms with Crippen LogP contribution in [-0.2, 0) is 11.2 Å². The number of hydrogen-bond donors (Lipinski definition) is 3. The van der Waals surface area contributed by atoms with Gasteiger partial charge >= 0.3 is 6.09 Å². The van der Waals surface area contributed by atoms with Crippen molar-refractivity contribution >= 4 is 39.3 Å². The summed E-state index contributed by atoms with van der Waals surface area (Å²) in [5, 5.41) is 9.09. The maximum absolute atomic E-state index is 11.6. The average Bonchev–Trinajstić information content (AvgIpc) is 2.87. The van der Waals surface area contributed by atoms with Gasteiger partial charge in [-0.25, -0.2) is 4.79 Å². The lowest BCUT2D eigenvalue weighted by Gasteiger charge is -2.19. The smallest absolute Gasteiger partial charge is 0.407 e. The molecule has 0 aromatic carbocycles. The summed E-state index contributed by atoms with van der Waals surface area (Å²) in [7, 11) is 0. The van der Waals surface area contributed by atoms with Crippen LogP contribution in [0.5, 0.6) is 0 Å². The van der Waals surface area contributed by atoms with Crippen LogP contribution in [0, 0.1) is 0 Å². The molecule has 1 aromatic heterocycles. The molecule has 3 N–H and O–H groups in total. The molecule has 0 atom stereocenters. The quantitative estimate of drug-likeness (QED) is 0.361. The van der Waals surface area contributed by atoms with Crippen molar-refractivity contribution in [2.45, 2.75) is 39.7 Å². The highest BCUT2D eigenvalue weighted by atomic mass is 79.9. The van der Waals surface area contributed by atoms with Gasteiger partial charge < -0.3 is 20.7 Å². The molecule has 136 valence electrons. The Morgan fingerprint density at radius 3 is 2.54 bits per heavy atom. The molecular weight excluding hydrogens is 392 g/mol. The first-order valence-electron chi connectivity index (χ1n) is 8.03. The largest absolute Gasteiger partial charge is 0.444 e. The number of carbonyl (C=O) groups excluding carboxylic acids is 1. The summed E-state index contributed by atoms with van der Waals surface area (Å²) < 4.78 is 6.32. The molecule has 1 amide bonds. The molecule has 0 unspecified atom stereocenters. The van der Waals surface area contributed by atoms with Gasteiger partial charge in [-0.05, 0) is 55.8 Å². The third kappa shape index (κ3) is 9.77. The van der Waals surface area contributed by atoms with Gasteiger partial charge in [-0.15, -0.1) is 11.3 Å². The Morgan fingerprint density at radius 2 is 1.96 bits per heavy atom. The minimum Gasteiger partial charge on any atom is -0.444 e. The predicted molar refractivity (Wildman–Crippen MR) is 104 cm³/mol. The zero-order chi connectivity index (χ0) is 18.0. The summed E-state index contributed by atoms with van der Waals surface area (Å²) in [6.07, 6.45) is 0.498. The number of hydrogen-bond acceptors (Lipinski definition) is 4. The van der Waals surface area contributed by atoms with Crippen LogP contribution in [0.15, 0.2) is 20.9 Å². The first-order chi connectivity index (χ1) is 11.3. The monoisotopic (exact) mass is 418 g/mol. The van der Waals surface area contributed by atoms with Crippen LogP contribution in [-0.4, -0.2) is 43.8 Å². The van der Waals surface area contributed by atoms with Crippen molar-refractivity contribution in [2.24, 2.45) is 4.99 Å². The van der Waals surface area contributed by atoms with E-state index in [4.69, 9.17) is 4.74 Å². The second-order valence-electron chi connectivity index (χ2n) is 6.07. The summed E-state index contributed by atoms with van der Waals surface area (Å²) in [5.41, 5.74) is -0.481. The van der Waals surface area contributed by atoms with Crippen molar-refractivity contribution in [1.82, 2.24) is 16.0 Å². The Hall–Kier alpha value is -1.28. The van der Waals surface area contributed by atoms with Gasteiger partial charge in [-0.1, -0.05) is 0 Å². The van der Waals surface area contributed by atoms with E-state index < -0.39 is 11.7 Å². The predicted octanol–water partition coefficient (Wildman–Crippen LogP) is 3.13. The van der Waals surface area contributed by atoms with Crippen molar-refractivity contribution in [1.29, 1.82) is 0 Å². The minimum atomic E-state index is -0.481. The highest BCUT2D eigenvalue weighted by Crippen LogP contribution is 2.22. The summed E-state index contributed by atoms with van der Waals surface area (Å²) in [6, 6.07) is 4.16. The van der Waals surface area contributed by atoms with Crippen molar-refractivity contribution in [2.75, 3.05) is 26.2 Å². The van der Waals surface area contributed by atoms with Crippen LogP contribution < -0.4 is 16.0 Å². The molecule has 0 fully saturated rings. The molecule has 0 aliphatic rings. The Bertz CT molecular complexity index is 540. The lowest BCUT2D eigenvalue weighted by molar-refractivity contribution is 0.0529. The summed E-state index contributed by atoms with van der Waals surface area (Å²) in [5.74, 6) is 0.749. The Balaban J connectivity index is 2.29. The number of thiophene rings is 1. The number of nitrogens with zero attached hydrogens (tertiary/aromatic N) is 1. The molecule has 1 rings (SSSR count). The topological polar surface area (TPSA) is 74.8 Å². The normalized spacial score (nSPS) is 12.0. The van der Waals surface area contributed by atoms with Gasteiger partial charge in [0, 0.05) is 37.5 Å². The molecule has 0 bridgehead atoms. The van der Waals surface area contributed by atoms with E-state index in [1.807, 2.05) is 27.7 Å². The van der Waals surface area contributed by atoms with Gasteiger partial charge in [-0.3, -0.25) is 4.99 Å². The van der Waals surface area contributed by atoms with Gasteiger partial charge in [-0.2, -0.15) is 0 Å². The SMILES string of the molecule is CCNC(=NCCc1ccc(Br)s1)NCCNC(=O)OC(C)(C)C. The standard InChI is InChI=1S/C16H27BrN4O2S/c1-5-18-14(19-9-8-12-6-7-13(17)24-12)20-10-11-21-15(22)23-16(2,3)4/h6-7H,5,8-11H2,1-4H3,(H,21,22)(H2,18,19,20). The van der Waals surface area contributed by atoms with E-state index >= 15 is 0 Å². The van der Waals surface area contributed by atoms with Crippen LogP contribution in [0.2, 0.25) is 0 Å². The third-order valence-corrected chi connectivity index (χ3v) is 4.37. The molecule has 0 radical (unpaired) electrons. The van der Waals surface area contributed by atoms with Gasteiger partial charge in [0.15, 0.2) is 5.96 Å². The molecule has 24 heavy (non-hydrogen) atoms. The van der Waals surface area contributed by atoms with E-state index in [1.54, 1.807) is 11.3 Å². The van der Waals surface area contributed by atoms with Crippen LogP contribution in [0.1, 0.15) is 32.6 Å². The number of aliphatic imine (C=N–C) groups is 1. The maximum atomic E-state index is 11.6. The molecule has 0 aliphatic heterocycles. The Kier molecular flexibility index (Phi) is 9.13. The van der Waals surface area contributed by atoms with E-state index in [0.717, 1.165) is 22.7 Å². The number of carbonyl (C=O) groups is 1. The fourth-order valence-electron chi connectivity index (χ4n) is 1.77. The number of guanidine groups is 1. The highest BCUT2D eigenvalue weighted by Gasteiger charge is 2.15. The van der Waals surface area contributed by atoms with E-state index in [2.05, 4.69) is 49.0 Å². The average molecular weight is 419 g/mol. The van der Waals surface area contributed by atoms with Crippen LogP contribution in [0.25, 0.3) is 0 Å². The molecular formula is C16H27BrN4O2S. The van der Waals surface area contributed by atoms with Crippen molar-refractivity contribution in [3.63, 3.8) is 0 Å². The molecule has 6 nitrogen and oxygen atoms in total. The van der Waals surface area contributed by atoms with Gasteiger partial charge in [0.05, 0.1) is 3.79 Å². The molecule has 1 aromatic rings. The molecule has 0 aliphatic carbocycles. The Morgan fingerprint density at radius 1 is 1.25 bits per heavy atom. The van der Waals surface area contributed by atoms with Gasteiger partial charge in [0.2, 0.25) is 0 Å². The second-order valence-corrected chi connectivity index (χ2v) is 8.62. The zero-order valence-electron chi connectivity index (χ0n) is 14.7. The number of alkyl carbamates (subject to hydrolysis) is 1. The van der Waals surface area contributed by atoms with E-state index in [1.165, 1.54) is 4.88 Å². The summed E-state index contributed by atoms with van der Waals surface area (Å²) in [4.78, 5) is 17.4. The first kappa shape index (κ1) is 20.8. The summed E-state index contributed by atoms with van der Waals surface area (Å²) >= 11 is 5.19. The number of amides is 1. The highest BCUT2D eigenvalue weighted by molar-refractivity contribution is 9.11.